The van der Waals surface area contributed by atoms with Crippen LogP contribution in [0.3, 0.4) is 0 Å². The van der Waals surface area contributed by atoms with E-state index in [1.165, 1.54) is 7.11 Å². The SMILES string of the molecule is CCCNC(C)(CCOC1COC1)C(=O)OC. The van der Waals surface area contributed by atoms with Gasteiger partial charge in [0.2, 0.25) is 0 Å². The van der Waals surface area contributed by atoms with Crippen LogP contribution >= 0.6 is 0 Å². The normalized spacial score (nSPS) is 19.5. The quantitative estimate of drug-likeness (QED) is 0.639. The third-order valence-corrected chi connectivity index (χ3v) is 2.96. The molecule has 0 radical (unpaired) electrons. The number of carbonyl (C=O) groups is 1. The van der Waals surface area contributed by atoms with Crippen molar-refractivity contribution < 1.29 is 19.0 Å². The van der Waals surface area contributed by atoms with Crippen molar-refractivity contribution in [3.05, 3.63) is 0 Å². The molecule has 5 heteroatoms. The van der Waals surface area contributed by atoms with E-state index in [1.807, 2.05) is 6.92 Å². The highest BCUT2D eigenvalue weighted by Gasteiger charge is 2.33. The maximum absolute atomic E-state index is 11.7. The average Bonchev–Trinajstić information content (AvgIpc) is 2.28. The van der Waals surface area contributed by atoms with Gasteiger partial charge in [-0.2, -0.15) is 0 Å². The van der Waals surface area contributed by atoms with Crippen LogP contribution in [0.5, 0.6) is 0 Å². The fourth-order valence-electron chi connectivity index (χ4n) is 1.63. The van der Waals surface area contributed by atoms with Gasteiger partial charge in [-0.25, -0.2) is 0 Å². The van der Waals surface area contributed by atoms with Crippen LogP contribution in [0.25, 0.3) is 0 Å². The summed E-state index contributed by atoms with van der Waals surface area (Å²) in [5.41, 5.74) is -0.657. The van der Waals surface area contributed by atoms with Gasteiger partial charge in [-0.3, -0.25) is 4.79 Å². The summed E-state index contributed by atoms with van der Waals surface area (Å²) in [6.45, 7) is 6.57. The average molecular weight is 245 g/mol. The number of nitrogens with one attached hydrogen (secondary N) is 1. The molecule has 0 aromatic carbocycles. The number of hydrogen-bond donors (Lipinski definition) is 1. The smallest absolute Gasteiger partial charge is 0.325 e. The molecule has 0 spiro atoms. The summed E-state index contributed by atoms with van der Waals surface area (Å²) in [4.78, 5) is 11.7. The van der Waals surface area contributed by atoms with Gasteiger partial charge in [0.1, 0.15) is 11.6 Å². The van der Waals surface area contributed by atoms with Crippen LogP contribution in [0, 0.1) is 0 Å². The predicted octanol–water partition coefficient (Wildman–Crippen LogP) is 0.723. The molecule has 0 amide bonds. The van der Waals surface area contributed by atoms with Crippen LogP contribution in [0.2, 0.25) is 0 Å². The third-order valence-electron chi connectivity index (χ3n) is 2.96. The van der Waals surface area contributed by atoms with E-state index in [9.17, 15) is 4.79 Å². The zero-order valence-electron chi connectivity index (χ0n) is 11.0. The molecule has 0 aliphatic carbocycles. The molecule has 1 saturated heterocycles. The Balaban J connectivity index is 2.35. The van der Waals surface area contributed by atoms with Crippen molar-refractivity contribution in [3.63, 3.8) is 0 Å². The molecule has 0 aromatic heterocycles. The molecular formula is C12H23NO4. The Labute approximate surface area is 103 Å². The van der Waals surface area contributed by atoms with E-state index in [0.717, 1.165) is 13.0 Å². The summed E-state index contributed by atoms with van der Waals surface area (Å²) >= 11 is 0. The predicted molar refractivity (Wildman–Crippen MR) is 63.9 cm³/mol. The lowest BCUT2D eigenvalue weighted by molar-refractivity contribution is -0.152. The maximum Gasteiger partial charge on any atom is 0.325 e. The number of ether oxygens (including phenoxy) is 3. The number of esters is 1. The third kappa shape index (κ3) is 4.26. The van der Waals surface area contributed by atoms with Gasteiger partial charge < -0.3 is 19.5 Å². The summed E-state index contributed by atoms with van der Waals surface area (Å²) in [6, 6.07) is 0. The molecular weight excluding hydrogens is 222 g/mol. The van der Waals surface area contributed by atoms with Crippen LogP contribution in [-0.2, 0) is 19.0 Å². The van der Waals surface area contributed by atoms with E-state index in [4.69, 9.17) is 14.2 Å². The van der Waals surface area contributed by atoms with Crippen LogP contribution < -0.4 is 5.32 Å². The lowest BCUT2D eigenvalue weighted by Crippen LogP contribution is -2.51. The number of rotatable bonds is 8. The molecule has 0 saturated carbocycles. The molecule has 1 aliphatic rings. The monoisotopic (exact) mass is 245 g/mol. The second-order valence-electron chi connectivity index (χ2n) is 4.53. The van der Waals surface area contributed by atoms with Crippen molar-refractivity contribution in [1.29, 1.82) is 0 Å². The van der Waals surface area contributed by atoms with Crippen molar-refractivity contribution in [2.45, 2.75) is 38.3 Å². The first-order valence-corrected chi connectivity index (χ1v) is 6.15. The molecule has 1 fully saturated rings. The lowest BCUT2D eigenvalue weighted by atomic mass is 9.98. The van der Waals surface area contributed by atoms with E-state index >= 15 is 0 Å². The lowest BCUT2D eigenvalue weighted by Gasteiger charge is -2.30. The molecule has 1 N–H and O–H groups in total. The highest BCUT2D eigenvalue weighted by molar-refractivity contribution is 5.80. The summed E-state index contributed by atoms with van der Waals surface area (Å²) in [6.07, 6.45) is 1.78. The van der Waals surface area contributed by atoms with Gasteiger partial charge in [0.05, 0.1) is 20.3 Å². The highest BCUT2D eigenvalue weighted by Crippen LogP contribution is 2.14. The Hall–Kier alpha value is -0.650. The van der Waals surface area contributed by atoms with Gasteiger partial charge in [-0.05, 0) is 26.3 Å². The first-order chi connectivity index (χ1) is 8.12. The fraction of sp³-hybridized carbons (Fsp3) is 0.917. The number of methoxy groups -OCH3 is 1. The van der Waals surface area contributed by atoms with E-state index in [0.29, 0.717) is 26.2 Å². The van der Waals surface area contributed by atoms with E-state index in [2.05, 4.69) is 12.2 Å². The summed E-state index contributed by atoms with van der Waals surface area (Å²) in [7, 11) is 1.41. The van der Waals surface area contributed by atoms with Gasteiger partial charge in [0.25, 0.3) is 0 Å². The number of hydrogen-bond acceptors (Lipinski definition) is 5. The Bertz CT molecular complexity index is 243. The van der Waals surface area contributed by atoms with Crippen LogP contribution in [0.15, 0.2) is 0 Å². The minimum Gasteiger partial charge on any atom is -0.468 e. The Kier molecular flexibility index (Phi) is 5.88. The molecule has 17 heavy (non-hydrogen) atoms. The summed E-state index contributed by atoms with van der Waals surface area (Å²) < 4.78 is 15.4. The zero-order valence-corrected chi connectivity index (χ0v) is 11.0. The largest absolute Gasteiger partial charge is 0.468 e. The van der Waals surface area contributed by atoms with Gasteiger partial charge >= 0.3 is 5.97 Å². The molecule has 1 atom stereocenters. The fourth-order valence-corrected chi connectivity index (χ4v) is 1.63. The Morgan fingerprint density at radius 2 is 2.24 bits per heavy atom. The molecule has 0 aromatic rings. The van der Waals surface area contributed by atoms with Crippen LogP contribution in [0.1, 0.15) is 26.7 Å². The first-order valence-electron chi connectivity index (χ1n) is 6.15. The van der Waals surface area contributed by atoms with E-state index in [-0.39, 0.29) is 12.1 Å². The summed E-state index contributed by atoms with van der Waals surface area (Å²) in [5.74, 6) is -0.237. The van der Waals surface area contributed by atoms with Crippen LogP contribution in [0.4, 0.5) is 0 Å². The second kappa shape index (κ2) is 6.93. The van der Waals surface area contributed by atoms with E-state index < -0.39 is 5.54 Å². The van der Waals surface area contributed by atoms with Gasteiger partial charge in [-0.1, -0.05) is 6.92 Å². The van der Waals surface area contributed by atoms with Crippen molar-refractivity contribution in [1.82, 2.24) is 5.32 Å². The minimum atomic E-state index is -0.657. The highest BCUT2D eigenvalue weighted by atomic mass is 16.6. The second-order valence-corrected chi connectivity index (χ2v) is 4.53. The molecule has 100 valence electrons. The molecule has 1 aliphatic heterocycles. The number of carbonyl (C=O) groups excluding carboxylic acids is 1. The van der Waals surface area contributed by atoms with Crippen molar-refractivity contribution in [3.8, 4) is 0 Å². The molecule has 1 rings (SSSR count). The van der Waals surface area contributed by atoms with Gasteiger partial charge in [-0.15, -0.1) is 0 Å². The molecule has 5 nitrogen and oxygen atoms in total. The summed E-state index contributed by atoms with van der Waals surface area (Å²) in [5, 5.41) is 3.22. The van der Waals surface area contributed by atoms with Gasteiger partial charge in [0, 0.05) is 6.61 Å². The van der Waals surface area contributed by atoms with Crippen molar-refractivity contribution >= 4 is 5.97 Å². The minimum absolute atomic E-state index is 0.197. The first kappa shape index (κ1) is 14.4. The van der Waals surface area contributed by atoms with Crippen molar-refractivity contribution in [2.24, 2.45) is 0 Å². The Morgan fingerprint density at radius 3 is 2.71 bits per heavy atom. The zero-order chi connectivity index (χ0) is 12.7. The molecule has 1 heterocycles. The molecule has 1 unspecified atom stereocenters. The Morgan fingerprint density at radius 1 is 1.53 bits per heavy atom. The maximum atomic E-state index is 11.7. The van der Waals surface area contributed by atoms with E-state index in [1.54, 1.807) is 0 Å². The molecule has 0 bridgehead atoms. The standard InChI is InChI=1S/C12H23NO4/c1-4-6-13-12(2,11(14)15-3)5-7-17-10-8-16-9-10/h10,13H,4-9H2,1-3H3. The van der Waals surface area contributed by atoms with Crippen molar-refractivity contribution in [2.75, 3.05) is 33.5 Å². The van der Waals surface area contributed by atoms with Crippen LogP contribution in [-0.4, -0.2) is 51.1 Å². The van der Waals surface area contributed by atoms with Gasteiger partial charge in [0.15, 0.2) is 0 Å². The topological polar surface area (TPSA) is 56.8 Å².